The first-order valence-corrected chi connectivity index (χ1v) is 8.04. The highest BCUT2D eigenvalue weighted by atomic mass is 79.9. The highest BCUT2D eigenvalue weighted by Crippen LogP contribution is 2.33. The van der Waals surface area contributed by atoms with Gasteiger partial charge in [0.05, 0.1) is 15.4 Å². The lowest BCUT2D eigenvalue weighted by atomic mass is 10.0. The summed E-state index contributed by atoms with van der Waals surface area (Å²) in [6.07, 6.45) is 0.161. The van der Waals surface area contributed by atoms with Crippen LogP contribution in [0.5, 0.6) is 5.75 Å². The minimum Gasteiger partial charge on any atom is -0.491 e. The zero-order chi connectivity index (χ0) is 14.7. The Morgan fingerprint density at radius 1 is 1.00 bits per heavy atom. The number of alkyl halides is 1. The molecule has 0 heterocycles. The Balaban J connectivity index is 2.20. The molecule has 0 N–H and O–H groups in total. The predicted molar refractivity (Wildman–Crippen MR) is 87.1 cm³/mol. The van der Waals surface area contributed by atoms with E-state index in [4.69, 9.17) is 4.74 Å². The van der Waals surface area contributed by atoms with Crippen LogP contribution < -0.4 is 4.74 Å². The Labute approximate surface area is 135 Å². The van der Waals surface area contributed by atoms with Gasteiger partial charge in [-0.3, -0.25) is 0 Å². The highest BCUT2D eigenvalue weighted by Gasteiger charge is 2.12. The maximum absolute atomic E-state index is 13.3. The summed E-state index contributed by atoms with van der Waals surface area (Å²) >= 11 is 6.85. The predicted octanol–water partition coefficient (Wildman–Crippen LogP) is 5.86. The fourth-order valence-electron chi connectivity index (χ4n) is 1.85. The van der Waals surface area contributed by atoms with Crippen LogP contribution in [0.2, 0.25) is 0 Å². The number of hydrogen-bond donors (Lipinski definition) is 0. The lowest BCUT2D eigenvalue weighted by molar-refractivity contribution is 0.242. The summed E-state index contributed by atoms with van der Waals surface area (Å²) in [6.45, 7) is 3.99. The van der Waals surface area contributed by atoms with Crippen LogP contribution >= 0.6 is 31.9 Å². The van der Waals surface area contributed by atoms with Crippen molar-refractivity contribution in [3.05, 3.63) is 63.9 Å². The van der Waals surface area contributed by atoms with Gasteiger partial charge in [0.15, 0.2) is 0 Å². The van der Waals surface area contributed by atoms with Crippen molar-refractivity contribution in [1.82, 2.24) is 0 Å². The van der Waals surface area contributed by atoms with Crippen molar-refractivity contribution in [2.24, 2.45) is 0 Å². The lowest BCUT2D eigenvalue weighted by Crippen LogP contribution is -2.05. The Morgan fingerprint density at radius 3 is 2.15 bits per heavy atom. The zero-order valence-electron chi connectivity index (χ0n) is 11.2. The van der Waals surface area contributed by atoms with E-state index in [1.54, 1.807) is 12.1 Å². The number of halogens is 3. The van der Waals surface area contributed by atoms with E-state index in [-0.39, 0.29) is 16.7 Å². The third kappa shape index (κ3) is 3.83. The van der Waals surface area contributed by atoms with Crippen LogP contribution in [0, 0.1) is 5.82 Å². The smallest absolute Gasteiger partial charge is 0.137 e. The third-order valence-corrected chi connectivity index (χ3v) is 4.45. The number of benzene rings is 2. The second kappa shape index (κ2) is 6.72. The highest BCUT2D eigenvalue weighted by molar-refractivity contribution is 9.10. The first kappa shape index (κ1) is 15.5. The maximum Gasteiger partial charge on any atom is 0.137 e. The van der Waals surface area contributed by atoms with E-state index in [1.165, 1.54) is 6.07 Å². The molecule has 0 aliphatic carbocycles. The van der Waals surface area contributed by atoms with E-state index < -0.39 is 0 Å². The normalized spacial score (nSPS) is 12.5. The quantitative estimate of drug-likeness (QED) is 0.583. The van der Waals surface area contributed by atoms with Crippen molar-refractivity contribution < 1.29 is 9.13 Å². The van der Waals surface area contributed by atoms with E-state index in [2.05, 4.69) is 31.9 Å². The molecule has 106 valence electrons. The minimum atomic E-state index is -0.255. The van der Waals surface area contributed by atoms with Gasteiger partial charge in [0.1, 0.15) is 11.6 Å². The molecule has 1 atom stereocenters. The van der Waals surface area contributed by atoms with E-state index >= 15 is 0 Å². The summed E-state index contributed by atoms with van der Waals surface area (Å²) in [5.74, 6) is 0.595. The monoisotopic (exact) mass is 400 g/mol. The van der Waals surface area contributed by atoms with Gasteiger partial charge in [0, 0.05) is 0 Å². The van der Waals surface area contributed by atoms with E-state index in [1.807, 2.05) is 38.1 Å². The molecule has 4 heteroatoms. The second-order valence-electron chi connectivity index (χ2n) is 4.77. The van der Waals surface area contributed by atoms with Gasteiger partial charge >= 0.3 is 0 Å². The molecule has 0 saturated carbocycles. The number of ether oxygens (including phenoxy) is 1. The summed E-state index contributed by atoms with van der Waals surface area (Å²) in [6, 6.07) is 12.9. The first-order valence-electron chi connectivity index (χ1n) is 6.33. The molecule has 0 fully saturated rings. The van der Waals surface area contributed by atoms with Crippen LogP contribution in [0.25, 0.3) is 0 Å². The molecular formula is C16H15Br2FO. The summed E-state index contributed by atoms with van der Waals surface area (Å²) in [5.41, 5.74) is 2.09. The van der Waals surface area contributed by atoms with Gasteiger partial charge in [-0.25, -0.2) is 4.39 Å². The van der Waals surface area contributed by atoms with Crippen molar-refractivity contribution in [3.8, 4) is 5.75 Å². The van der Waals surface area contributed by atoms with Crippen molar-refractivity contribution in [1.29, 1.82) is 0 Å². The topological polar surface area (TPSA) is 9.23 Å². The van der Waals surface area contributed by atoms with Crippen molar-refractivity contribution in [2.45, 2.75) is 24.8 Å². The molecule has 2 rings (SSSR count). The largest absolute Gasteiger partial charge is 0.491 e. The first-order chi connectivity index (χ1) is 9.47. The fourth-order valence-corrected chi connectivity index (χ4v) is 2.84. The molecule has 20 heavy (non-hydrogen) atoms. The Kier molecular flexibility index (Phi) is 5.22. The SMILES string of the molecule is CC(C)Oc1ccc(C(Br)c2ccc(F)c(Br)c2)cc1. The van der Waals surface area contributed by atoms with Gasteiger partial charge in [-0.2, -0.15) is 0 Å². The summed E-state index contributed by atoms with van der Waals surface area (Å²) in [7, 11) is 0. The summed E-state index contributed by atoms with van der Waals surface area (Å²) in [5, 5.41) is 0. The molecule has 0 radical (unpaired) electrons. The molecule has 0 aromatic heterocycles. The van der Waals surface area contributed by atoms with E-state index in [9.17, 15) is 4.39 Å². The minimum absolute atomic E-state index is 0.0208. The van der Waals surface area contributed by atoms with E-state index in [0.29, 0.717) is 4.47 Å². The fraction of sp³-hybridized carbons (Fsp3) is 0.250. The van der Waals surface area contributed by atoms with E-state index in [0.717, 1.165) is 16.9 Å². The summed E-state index contributed by atoms with van der Waals surface area (Å²) < 4.78 is 19.3. The van der Waals surface area contributed by atoms with Gasteiger partial charge in [-0.1, -0.05) is 34.1 Å². The molecule has 1 unspecified atom stereocenters. The molecule has 0 aliphatic heterocycles. The van der Waals surface area contributed by atoms with Crippen molar-refractivity contribution in [2.75, 3.05) is 0 Å². The van der Waals surface area contributed by atoms with Gasteiger partial charge in [0.2, 0.25) is 0 Å². The average molecular weight is 402 g/mol. The van der Waals surface area contributed by atoms with Gasteiger partial charge < -0.3 is 4.74 Å². The Bertz CT molecular complexity index is 582. The van der Waals surface area contributed by atoms with Crippen LogP contribution in [0.1, 0.15) is 29.8 Å². The Hall–Kier alpha value is -0.870. The molecule has 0 aliphatic rings. The maximum atomic E-state index is 13.3. The van der Waals surface area contributed by atoms with Crippen LogP contribution in [0.3, 0.4) is 0 Å². The molecule has 0 bridgehead atoms. The number of hydrogen-bond acceptors (Lipinski definition) is 1. The average Bonchev–Trinajstić information content (AvgIpc) is 2.41. The summed E-state index contributed by atoms with van der Waals surface area (Å²) in [4.78, 5) is 0.0208. The molecule has 2 aromatic rings. The molecule has 2 aromatic carbocycles. The lowest BCUT2D eigenvalue weighted by Gasteiger charge is -2.14. The Morgan fingerprint density at radius 2 is 1.60 bits per heavy atom. The van der Waals surface area contributed by atoms with Crippen LogP contribution in [0.15, 0.2) is 46.9 Å². The standard InChI is InChI=1S/C16H15Br2FO/c1-10(2)20-13-6-3-11(4-7-13)16(18)12-5-8-15(19)14(17)9-12/h3-10,16H,1-2H3. The molecule has 0 saturated heterocycles. The van der Waals surface area contributed by atoms with Crippen LogP contribution in [-0.4, -0.2) is 6.10 Å². The van der Waals surface area contributed by atoms with Crippen LogP contribution in [0.4, 0.5) is 4.39 Å². The second-order valence-corrected chi connectivity index (χ2v) is 6.54. The van der Waals surface area contributed by atoms with Gasteiger partial charge in [0.25, 0.3) is 0 Å². The zero-order valence-corrected chi connectivity index (χ0v) is 14.4. The van der Waals surface area contributed by atoms with Crippen LogP contribution in [-0.2, 0) is 0 Å². The molecular weight excluding hydrogens is 387 g/mol. The third-order valence-electron chi connectivity index (χ3n) is 2.78. The molecule has 0 spiro atoms. The van der Waals surface area contributed by atoms with Crippen molar-refractivity contribution in [3.63, 3.8) is 0 Å². The van der Waals surface area contributed by atoms with Gasteiger partial charge in [-0.15, -0.1) is 0 Å². The van der Waals surface area contributed by atoms with Gasteiger partial charge in [-0.05, 0) is 65.2 Å². The number of rotatable bonds is 4. The molecule has 1 nitrogen and oxygen atoms in total. The van der Waals surface area contributed by atoms with Crippen molar-refractivity contribution >= 4 is 31.9 Å². The molecule has 0 amide bonds.